The van der Waals surface area contributed by atoms with Crippen molar-refractivity contribution in [2.45, 2.75) is 31.8 Å². The number of hydrogen-bond donors (Lipinski definition) is 1. The number of likely N-dealkylation sites (tertiary alicyclic amines) is 2. The molecule has 4 aliphatic rings. The van der Waals surface area contributed by atoms with Crippen LogP contribution >= 0.6 is 0 Å². The second kappa shape index (κ2) is 10.5. The number of aromatic hydroxyl groups is 1. The molecule has 2 aliphatic carbocycles. The van der Waals surface area contributed by atoms with E-state index in [2.05, 4.69) is 0 Å². The molecule has 2 heterocycles. The molecule has 218 valence electrons. The Morgan fingerprint density at radius 1 is 0.721 bits per heavy atom. The van der Waals surface area contributed by atoms with E-state index in [1.54, 1.807) is 12.1 Å². The fraction of sp³-hybridized carbons (Fsp3) is 0.314. The Kier molecular flexibility index (Phi) is 6.64. The molecule has 0 aromatic heterocycles. The zero-order chi connectivity index (χ0) is 29.8. The number of carbonyl (C=O) groups excluding carboxylic acids is 4. The van der Waals surface area contributed by atoms with E-state index in [0.717, 1.165) is 16.7 Å². The van der Waals surface area contributed by atoms with E-state index in [9.17, 15) is 24.3 Å². The van der Waals surface area contributed by atoms with Gasteiger partial charge in [-0.25, -0.2) is 0 Å². The van der Waals surface area contributed by atoms with E-state index in [1.165, 1.54) is 23.0 Å². The molecule has 0 unspecified atom stereocenters. The lowest BCUT2D eigenvalue weighted by molar-refractivity contribution is -0.142. The Labute approximate surface area is 249 Å². The molecule has 0 bridgehead atoms. The summed E-state index contributed by atoms with van der Waals surface area (Å²) in [5.41, 5.74) is 3.04. The third-order valence-electron chi connectivity index (χ3n) is 9.77. The first-order chi connectivity index (χ1) is 20.9. The average molecular weight is 577 g/mol. The first-order valence-corrected chi connectivity index (χ1v) is 14.7. The van der Waals surface area contributed by atoms with Crippen molar-refractivity contribution in [1.82, 2.24) is 9.80 Å². The van der Waals surface area contributed by atoms with Crippen molar-refractivity contribution >= 4 is 23.6 Å². The molecule has 4 amide bonds. The Bertz CT molecular complexity index is 1650. The number of imide groups is 2. The number of fused-ring (bicyclic) bond motifs is 4. The molecule has 2 saturated heterocycles. The quantitative estimate of drug-likeness (QED) is 0.344. The van der Waals surface area contributed by atoms with Gasteiger partial charge in [0.2, 0.25) is 23.6 Å². The summed E-state index contributed by atoms with van der Waals surface area (Å²) in [6, 6.07) is 23.7. The van der Waals surface area contributed by atoms with Crippen LogP contribution in [0.1, 0.15) is 35.4 Å². The highest BCUT2D eigenvalue weighted by Gasteiger charge is 2.62. The largest absolute Gasteiger partial charge is 0.508 e. The van der Waals surface area contributed by atoms with Gasteiger partial charge in [-0.15, -0.1) is 0 Å². The van der Waals surface area contributed by atoms with E-state index in [4.69, 9.17) is 4.74 Å². The SMILES string of the molecule is COc1ccc(O)c([C@H]2C3=CC[C@@H]4C(=O)N(Cc5ccccc5)C(=O)[C@@H]4[C@@H]3C[C@H]3C(=O)N(Cc4ccccc4)C(=O)[C@@H]23)c1. The number of methoxy groups -OCH3 is 1. The maximum atomic E-state index is 14.1. The average Bonchev–Trinajstić information content (AvgIpc) is 3.41. The molecule has 2 aliphatic heterocycles. The first-order valence-electron chi connectivity index (χ1n) is 14.7. The summed E-state index contributed by atoms with van der Waals surface area (Å²) in [7, 11) is 1.53. The second-order valence-corrected chi connectivity index (χ2v) is 11.9. The van der Waals surface area contributed by atoms with Crippen molar-refractivity contribution < 1.29 is 29.0 Å². The first kappa shape index (κ1) is 27.1. The van der Waals surface area contributed by atoms with Crippen LogP contribution in [0.4, 0.5) is 0 Å². The van der Waals surface area contributed by atoms with Gasteiger partial charge < -0.3 is 9.84 Å². The molecule has 6 atom stereocenters. The number of hydrogen-bond acceptors (Lipinski definition) is 6. The Hall–Kier alpha value is -4.72. The van der Waals surface area contributed by atoms with Crippen LogP contribution in [0, 0.1) is 29.6 Å². The summed E-state index contributed by atoms with van der Waals surface area (Å²) < 4.78 is 5.47. The molecule has 8 nitrogen and oxygen atoms in total. The van der Waals surface area contributed by atoms with Crippen LogP contribution in [0.2, 0.25) is 0 Å². The van der Waals surface area contributed by atoms with Crippen LogP contribution in [0.15, 0.2) is 90.5 Å². The lowest BCUT2D eigenvalue weighted by Gasteiger charge is -2.44. The van der Waals surface area contributed by atoms with Crippen molar-refractivity contribution in [3.05, 3.63) is 107 Å². The van der Waals surface area contributed by atoms with Crippen LogP contribution in [0.5, 0.6) is 11.5 Å². The molecule has 3 aromatic carbocycles. The van der Waals surface area contributed by atoms with Crippen LogP contribution in [0.3, 0.4) is 0 Å². The standard InChI is InChI=1S/C35H32N2O6/c1-43-22-12-15-28(38)26(16-22)29-23-13-14-24-30(34(41)36(32(24)39)18-20-8-4-2-5-9-20)25(23)17-27-31(29)35(42)37(33(27)40)19-21-10-6-3-7-11-21/h2-13,15-16,24-25,27,29-31,38H,14,17-19H2,1H3/t24-,25+,27+,29+,30-,31+/m0/s1. The predicted octanol–water partition coefficient (Wildman–Crippen LogP) is 4.44. The van der Waals surface area contributed by atoms with Crippen molar-refractivity contribution in [3.63, 3.8) is 0 Å². The molecule has 0 radical (unpaired) electrons. The van der Waals surface area contributed by atoms with Crippen molar-refractivity contribution in [2.24, 2.45) is 29.6 Å². The highest BCUT2D eigenvalue weighted by molar-refractivity contribution is 6.08. The van der Waals surface area contributed by atoms with Gasteiger partial charge in [-0.2, -0.15) is 0 Å². The molecular weight excluding hydrogens is 544 g/mol. The zero-order valence-electron chi connectivity index (χ0n) is 23.8. The molecule has 43 heavy (non-hydrogen) atoms. The summed E-state index contributed by atoms with van der Waals surface area (Å²) in [6.45, 7) is 0.350. The zero-order valence-corrected chi connectivity index (χ0v) is 23.8. The van der Waals surface area contributed by atoms with Crippen molar-refractivity contribution in [2.75, 3.05) is 7.11 Å². The highest BCUT2D eigenvalue weighted by atomic mass is 16.5. The monoisotopic (exact) mass is 576 g/mol. The summed E-state index contributed by atoms with van der Waals surface area (Å²) in [6.07, 6.45) is 2.65. The van der Waals surface area contributed by atoms with Crippen molar-refractivity contribution in [1.29, 1.82) is 0 Å². The van der Waals surface area contributed by atoms with Gasteiger partial charge in [-0.3, -0.25) is 29.0 Å². The minimum absolute atomic E-state index is 0.00508. The number of amides is 4. The topological polar surface area (TPSA) is 104 Å². The van der Waals surface area contributed by atoms with Gasteiger partial charge in [0, 0.05) is 11.5 Å². The molecule has 7 rings (SSSR count). The van der Waals surface area contributed by atoms with Gasteiger partial charge in [0.05, 0.1) is 43.9 Å². The number of nitrogens with zero attached hydrogens (tertiary/aromatic N) is 2. The molecule has 0 spiro atoms. The molecule has 3 aromatic rings. The van der Waals surface area contributed by atoms with Crippen LogP contribution < -0.4 is 4.74 Å². The molecule has 1 saturated carbocycles. The maximum absolute atomic E-state index is 14.1. The third kappa shape index (κ3) is 4.35. The van der Waals surface area contributed by atoms with E-state index in [1.807, 2.05) is 66.7 Å². The van der Waals surface area contributed by atoms with Gasteiger partial charge in [0.15, 0.2) is 0 Å². The van der Waals surface area contributed by atoms with Crippen molar-refractivity contribution in [3.8, 4) is 11.5 Å². The predicted molar refractivity (Wildman–Crippen MR) is 156 cm³/mol. The van der Waals surface area contributed by atoms with Gasteiger partial charge in [-0.1, -0.05) is 72.3 Å². The molecule has 3 fully saturated rings. The van der Waals surface area contributed by atoms with Gasteiger partial charge in [-0.05, 0) is 48.1 Å². The smallest absolute Gasteiger partial charge is 0.234 e. The molecule has 8 heteroatoms. The summed E-state index contributed by atoms with van der Waals surface area (Å²) in [5, 5.41) is 11.1. The maximum Gasteiger partial charge on any atom is 0.234 e. The number of ether oxygens (including phenoxy) is 1. The van der Waals surface area contributed by atoms with E-state index in [0.29, 0.717) is 24.2 Å². The summed E-state index contributed by atoms with van der Waals surface area (Å²) >= 11 is 0. The third-order valence-corrected chi connectivity index (χ3v) is 9.77. The molecular formula is C35H32N2O6. The van der Waals surface area contributed by atoms with E-state index in [-0.39, 0.29) is 42.5 Å². The van der Waals surface area contributed by atoms with Gasteiger partial charge >= 0.3 is 0 Å². The number of benzene rings is 3. The fourth-order valence-corrected chi connectivity index (χ4v) is 7.82. The lowest BCUT2D eigenvalue weighted by atomic mass is 9.57. The van der Waals surface area contributed by atoms with Gasteiger partial charge in [0.1, 0.15) is 11.5 Å². The number of phenolic OH excluding ortho intramolecular Hbond substituents is 1. The normalized spacial score (nSPS) is 28.0. The number of rotatable bonds is 6. The Morgan fingerprint density at radius 2 is 1.30 bits per heavy atom. The fourth-order valence-electron chi connectivity index (χ4n) is 7.82. The second-order valence-electron chi connectivity index (χ2n) is 11.9. The lowest BCUT2D eigenvalue weighted by Crippen LogP contribution is -2.43. The number of carbonyl (C=O) groups is 4. The minimum Gasteiger partial charge on any atom is -0.508 e. The van der Waals surface area contributed by atoms with E-state index < -0.39 is 35.5 Å². The number of phenols is 1. The van der Waals surface area contributed by atoms with Crippen LogP contribution in [-0.2, 0) is 32.3 Å². The number of allylic oxidation sites excluding steroid dienone is 2. The van der Waals surface area contributed by atoms with Crippen LogP contribution in [-0.4, -0.2) is 45.6 Å². The Morgan fingerprint density at radius 3 is 1.91 bits per heavy atom. The summed E-state index contributed by atoms with van der Waals surface area (Å²) in [4.78, 5) is 58.4. The van der Waals surface area contributed by atoms with E-state index >= 15 is 0 Å². The Balaban J connectivity index is 1.30. The molecule has 1 N–H and O–H groups in total. The van der Waals surface area contributed by atoms with Gasteiger partial charge in [0.25, 0.3) is 0 Å². The highest BCUT2D eigenvalue weighted by Crippen LogP contribution is 2.59. The summed E-state index contributed by atoms with van der Waals surface area (Å²) in [5.74, 6) is -4.10. The van der Waals surface area contributed by atoms with Crippen LogP contribution in [0.25, 0.3) is 0 Å². The minimum atomic E-state index is -0.735.